The summed E-state index contributed by atoms with van der Waals surface area (Å²) < 4.78 is 0. The van der Waals surface area contributed by atoms with Gasteiger partial charge >= 0.3 is 5.97 Å². The minimum absolute atomic E-state index is 0.417. The summed E-state index contributed by atoms with van der Waals surface area (Å²) in [5, 5.41) is 11.2. The van der Waals surface area contributed by atoms with Gasteiger partial charge in [-0.3, -0.25) is 4.79 Å². The van der Waals surface area contributed by atoms with E-state index in [4.69, 9.17) is 11.6 Å². The number of thioether (sulfide) groups is 1. The summed E-state index contributed by atoms with van der Waals surface area (Å²) in [7, 11) is 0. The van der Waals surface area contributed by atoms with E-state index in [-0.39, 0.29) is 0 Å². The normalized spacial score (nSPS) is 11.7. The number of carbonyl (C=O) groups excluding carboxylic acids is 1. The van der Waals surface area contributed by atoms with Gasteiger partial charge < -0.3 is 10.4 Å². The minimum Gasteiger partial charge on any atom is -0.479 e. The molecule has 6 heteroatoms. The maximum atomic E-state index is 12.0. The van der Waals surface area contributed by atoms with E-state index >= 15 is 0 Å². The number of carboxylic acids is 1. The van der Waals surface area contributed by atoms with E-state index in [2.05, 4.69) is 5.32 Å². The molecular formula is C15H12ClNO3S. The van der Waals surface area contributed by atoms with Crippen LogP contribution >= 0.6 is 23.4 Å². The molecule has 0 fully saturated rings. The Morgan fingerprint density at radius 2 is 1.67 bits per heavy atom. The average Bonchev–Trinajstić information content (AvgIpc) is 2.49. The molecule has 0 saturated heterocycles. The van der Waals surface area contributed by atoms with Gasteiger partial charge in [-0.25, -0.2) is 4.79 Å². The second-order valence-corrected chi connectivity index (χ2v) is 5.74. The third-order valence-electron chi connectivity index (χ3n) is 2.59. The van der Waals surface area contributed by atoms with Gasteiger partial charge in [-0.05, 0) is 36.4 Å². The zero-order valence-electron chi connectivity index (χ0n) is 10.8. The van der Waals surface area contributed by atoms with Crippen molar-refractivity contribution in [2.75, 3.05) is 0 Å². The number of aliphatic carboxylic acids is 1. The summed E-state index contributed by atoms with van der Waals surface area (Å²) in [6.45, 7) is 0. The number of benzene rings is 2. The summed E-state index contributed by atoms with van der Waals surface area (Å²) in [5.41, 5.74) is 0.417. The van der Waals surface area contributed by atoms with Gasteiger partial charge in [0.25, 0.3) is 5.91 Å². The zero-order valence-corrected chi connectivity index (χ0v) is 12.4. The molecule has 0 aliphatic rings. The molecular weight excluding hydrogens is 310 g/mol. The molecule has 0 heterocycles. The largest absolute Gasteiger partial charge is 0.479 e. The van der Waals surface area contributed by atoms with Gasteiger partial charge in [0.05, 0.1) is 0 Å². The number of hydrogen-bond donors (Lipinski definition) is 2. The monoisotopic (exact) mass is 321 g/mol. The van der Waals surface area contributed by atoms with Crippen LogP contribution in [0.2, 0.25) is 5.02 Å². The molecule has 0 aromatic heterocycles. The van der Waals surface area contributed by atoms with Gasteiger partial charge in [-0.15, -0.1) is 0 Å². The van der Waals surface area contributed by atoms with Crippen LogP contribution in [-0.4, -0.2) is 22.4 Å². The SMILES string of the molecule is O=C(N[C@@H](Sc1ccc(Cl)cc1)C(=O)O)c1ccccc1. The first-order valence-corrected chi connectivity index (χ1v) is 7.33. The molecule has 0 aliphatic heterocycles. The first-order valence-electron chi connectivity index (χ1n) is 6.07. The van der Waals surface area contributed by atoms with Gasteiger partial charge in [0, 0.05) is 15.5 Å². The van der Waals surface area contributed by atoms with Crippen LogP contribution in [-0.2, 0) is 4.79 Å². The Morgan fingerprint density at radius 3 is 2.24 bits per heavy atom. The van der Waals surface area contributed by atoms with Crippen molar-refractivity contribution in [3.05, 3.63) is 65.2 Å². The van der Waals surface area contributed by atoms with Crippen molar-refractivity contribution in [3.63, 3.8) is 0 Å². The third-order valence-corrected chi connectivity index (χ3v) is 3.94. The van der Waals surface area contributed by atoms with Crippen LogP contribution in [0.1, 0.15) is 10.4 Å². The second kappa shape index (κ2) is 7.15. The molecule has 4 nitrogen and oxygen atoms in total. The van der Waals surface area contributed by atoms with Crippen molar-refractivity contribution in [2.45, 2.75) is 10.3 Å². The Labute approximate surface area is 131 Å². The van der Waals surface area contributed by atoms with Crippen LogP contribution in [0.3, 0.4) is 0 Å². The Morgan fingerprint density at radius 1 is 1.05 bits per heavy atom. The zero-order chi connectivity index (χ0) is 15.2. The van der Waals surface area contributed by atoms with E-state index in [0.717, 1.165) is 11.8 Å². The molecule has 0 spiro atoms. The van der Waals surface area contributed by atoms with Crippen LogP contribution in [0.15, 0.2) is 59.5 Å². The fraction of sp³-hybridized carbons (Fsp3) is 0.0667. The predicted octanol–water partition coefficient (Wildman–Crippen LogP) is 3.27. The Balaban J connectivity index is 2.07. The second-order valence-electron chi connectivity index (χ2n) is 4.13. The standard InChI is InChI=1S/C15H12ClNO3S/c16-11-6-8-12(9-7-11)21-14(15(19)20)17-13(18)10-4-2-1-3-5-10/h1-9,14H,(H,17,18)(H,19,20)/t14-/m0/s1. The summed E-state index contributed by atoms with van der Waals surface area (Å²) in [5.74, 6) is -1.54. The third kappa shape index (κ3) is 4.51. The van der Waals surface area contributed by atoms with Crippen LogP contribution in [0.25, 0.3) is 0 Å². The van der Waals surface area contributed by atoms with Crippen LogP contribution in [0.4, 0.5) is 0 Å². The van der Waals surface area contributed by atoms with E-state index < -0.39 is 17.3 Å². The lowest BCUT2D eigenvalue weighted by atomic mass is 10.2. The fourth-order valence-corrected chi connectivity index (χ4v) is 2.54. The maximum Gasteiger partial charge on any atom is 0.337 e. The van der Waals surface area contributed by atoms with Crippen molar-refractivity contribution in [3.8, 4) is 0 Å². The van der Waals surface area contributed by atoms with E-state index in [1.807, 2.05) is 0 Å². The number of carboxylic acid groups (broad SMARTS) is 1. The predicted molar refractivity (Wildman–Crippen MR) is 82.6 cm³/mol. The number of halogens is 1. The summed E-state index contributed by atoms with van der Waals surface area (Å²) in [6, 6.07) is 15.2. The number of carbonyl (C=O) groups is 2. The lowest BCUT2D eigenvalue weighted by molar-refractivity contribution is -0.136. The number of rotatable bonds is 5. The van der Waals surface area contributed by atoms with Gasteiger partial charge in [0.15, 0.2) is 5.37 Å². The molecule has 0 unspecified atom stereocenters. The van der Waals surface area contributed by atoms with Crippen molar-refractivity contribution in [1.82, 2.24) is 5.32 Å². The molecule has 2 N–H and O–H groups in total. The molecule has 2 aromatic carbocycles. The molecule has 0 saturated carbocycles. The Kier molecular flexibility index (Phi) is 5.25. The maximum absolute atomic E-state index is 12.0. The fourth-order valence-electron chi connectivity index (χ4n) is 1.58. The molecule has 2 rings (SSSR count). The first-order chi connectivity index (χ1) is 10.1. The lowest BCUT2D eigenvalue weighted by Gasteiger charge is -2.14. The Hall–Kier alpha value is -1.98. The average molecular weight is 322 g/mol. The van der Waals surface area contributed by atoms with Crippen LogP contribution in [0.5, 0.6) is 0 Å². The highest BCUT2D eigenvalue weighted by Gasteiger charge is 2.21. The highest BCUT2D eigenvalue weighted by Crippen LogP contribution is 2.24. The van der Waals surface area contributed by atoms with Crippen LogP contribution < -0.4 is 5.32 Å². The van der Waals surface area contributed by atoms with E-state index in [1.165, 1.54) is 0 Å². The van der Waals surface area contributed by atoms with Gasteiger partial charge in [-0.1, -0.05) is 41.6 Å². The molecule has 21 heavy (non-hydrogen) atoms. The molecule has 2 aromatic rings. The molecule has 1 atom stereocenters. The summed E-state index contributed by atoms with van der Waals surface area (Å²) >= 11 is 6.82. The highest BCUT2D eigenvalue weighted by molar-refractivity contribution is 8.00. The van der Waals surface area contributed by atoms with Gasteiger partial charge in [-0.2, -0.15) is 0 Å². The summed E-state index contributed by atoms with van der Waals surface area (Å²) in [4.78, 5) is 24.0. The van der Waals surface area contributed by atoms with Crippen molar-refractivity contribution in [2.24, 2.45) is 0 Å². The highest BCUT2D eigenvalue weighted by atomic mass is 35.5. The van der Waals surface area contributed by atoms with Crippen LogP contribution in [0, 0.1) is 0 Å². The molecule has 0 radical (unpaired) electrons. The quantitative estimate of drug-likeness (QED) is 0.655. The smallest absolute Gasteiger partial charge is 0.337 e. The Bertz CT molecular complexity index is 631. The lowest BCUT2D eigenvalue weighted by Crippen LogP contribution is -2.38. The first kappa shape index (κ1) is 15.4. The number of amides is 1. The molecule has 0 aliphatic carbocycles. The van der Waals surface area contributed by atoms with E-state index in [0.29, 0.717) is 15.5 Å². The van der Waals surface area contributed by atoms with Gasteiger partial charge in [0.1, 0.15) is 0 Å². The van der Waals surface area contributed by atoms with Crippen molar-refractivity contribution < 1.29 is 14.7 Å². The van der Waals surface area contributed by atoms with E-state index in [1.54, 1.807) is 54.6 Å². The number of nitrogens with one attached hydrogen (secondary N) is 1. The van der Waals surface area contributed by atoms with Gasteiger partial charge in [0.2, 0.25) is 0 Å². The topological polar surface area (TPSA) is 66.4 Å². The molecule has 1 amide bonds. The summed E-state index contributed by atoms with van der Waals surface area (Å²) in [6.07, 6.45) is 0. The molecule has 0 bridgehead atoms. The minimum atomic E-state index is -1.11. The van der Waals surface area contributed by atoms with Crippen molar-refractivity contribution in [1.29, 1.82) is 0 Å². The number of hydrogen-bond acceptors (Lipinski definition) is 3. The molecule has 108 valence electrons. The van der Waals surface area contributed by atoms with Crippen molar-refractivity contribution >= 4 is 35.2 Å². The van der Waals surface area contributed by atoms with E-state index in [9.17, 15) is 14.7 Å².